The summed E-state index contributed by atoms with van der Waals surface area (Å²) in [5, 5.41) is 5.16. The lowest BCUT2D eigenvalue weighted by Gasteiger charge is -2.13. The summed E-state index contributed by atoms with van der Waals surface area (Å²) in [5.74, 6) is 1.14. The highest BCUT2D eigenvalue weighted by atomic mass is 79.9. The number of thioether (sulfide) groups is 1. The zero-order chi connectivity index (χ0) is 17.5. The second-order valence-corrected chi connectivity index (χ2v) is 8.00. The highest BCUT2D eigenvalue weighted by Crippen LogP contribution is 2.28. The first-order chi connectivity index (χ1) is 11.5. The van der Waals surface area contributed by atoms with Crippen LogP contribution in [0.3, 0.4) is 0 Å². The fourth-order valence-corrected chi connectivity index (χ4v) is 4.01. The number of alkyl halides is 1. The van der Waals surface area contributed by atoms with Gasteiger partial charge in [0.25, 0.3) is 0 Å². The van der Waals surface area contributed by atoms with E-state index in [1.165, 1.54) is 23.3 Å². The Balaban J connectivity index is 2.05. The van der Waals surface area contributed by atoms with Crippen molar-refractivity contribution in [2.45, 2.75) is 45.1 Å². The Morgan fingerprint density at radius 3 is 2.79 bits per heavy atom. The molecule has 0 aliphatic heterocycles. The molecule has 0 fully saturated rings. The average Bonchev–Trinajstić information content (AvgIpc) is 2.55. The smallest absolute Gasteiger partial charge is 0.0850 e. The van der Waals surface area contributed by atoms with Crippen LogP contribution >= 0.6 is 39.3 Å². The Bertz CT molecular complexity index is 694. The summed E-state index contributed by atoms with van der Waals surface area (Å²) < 4.78 is 0. The van der Waals surface area contributed by atoms with Gasteiger partial charge in [0.2, 0.25) is 0 Å². The van der Waals surface area contributed by atoms with Gasteiger partial charge in [0.05, 0.1) is 28.6 Å². The molecule has 0 saturated carbocycles. The van der Waals surface area contributed by atoms with E-state index in [2.05, 4.69) is 44.2 Å². The van der Waals surface area contributed by atoms with E-state index in [1.807, 2.05) is 37.9 Å². The molecule has 2 aromatic heterocycles. The van der Waals surface area contributed by atoms with Gasteiger partial charge in [-0.3, -0.25) is 9.97 Å². The van der Waals surface area contributed by atoms with Crippen LogP contribution in [0.15, 0.2) is 23.2 Å². The van der Waals surface area contributed by atoms with Gasteiger partial charge in [-0.05, 0) is 57.1 Å². The molecule has 0 bridgehead atoms. The number of hydrogen-bond donors (Lipinski definition) is 1. The van der Waals surface area contributed by atoms with Gasteiger partial charge in [0.15, 0.2) is 0 Å². The molecule has 130 valence electrons. The first kappa shape index (κ1) is 19.5. The van der Waals surface area contributed by atoms with Gasteiger partial charge >= 0.3 is 0 Å². The fraction of sp³-hybridized carbons (Fsp3) is 0.444. The number of anilines is 1. The Morgan fingerprint density at radius 1 is 1.25 bits per heavy atom. The van der Waals surface area contributed by atoms with Crippen molar-refractivity contribution in [3.05, 3.63) is 46.0 Å². The molecule has 0 aliphatic carbocycles. The van der Waals surface area contributed by atoms with Crippen molar-refractivity contribution in [1.29, 1.82) is 0 Å². The third-order valence-electron chi connectivity index (χ3n) is 3.74. The van der Waals surface area contributed by atoms with Crippen molar-refractivity contribution in [2.75, 3.05) is 16.4 Å². The van der Waals surface area contributed by atoms with Crippen molar-refractivity contribution in [3.63, 3.8) is 0 Å². The maximum Gasteiger partial charge on any atom is 0.0850 e. The van der Waals surface area contributed by atoms with E-state index in [1.54, 1.807) is 0 Å². The molecule has 0 atom stereocenters. The molecule has 2 aromatic rings. The highest BCUT2D eigenvalue weighted by molar-refractivity contribution is 9.09. The minimum absolute atomic E-state index is 0.657. The standard InChI is InChI=1S/C18H23BrClN3S/c1-12-10-15(18(20)14(3)23-12)22-11-16-13(2)17(6-8-21-16)24-9-5-4-7-19/h6,8,10H,4-5,7,9,11H2,1-3H3,(H,22,23). The van der Waals surface area contributed by atoms with Gasteiger partial charge < -0.3 is 5.32 Å². The van der Waals surface area contributed by atoms with Crippen LogP contribution in [0.4, 0.5) is 5.69 Å². The lowest BCUT2D eigenvalue weighted by atomic mass is 10.2. The summed E-state index contributed by atoms with van der Waals surface area (Å²) in [6.45, 7) is 6.70. The van der Waals surface area contributed by atoms with Gasteiger partial charge in [-0.25, -0.2) is 0 Å². The molecule has 0 unspecified atom stereocenters. The van der Waals surface area contributed by atoms with Crippen molar-refractivity contribution in [2.24, 2.45) is 0 Å². The number of unbranched alkanes of at least 4 members (excludes halogenated alkanes) is 1. The molecule has 0 amide bonds. The lowest BCUT2D eigenvalue weighted by molar-refractivity contribution is 0.911. The summed E-state index contributed by atoms with van der Waals surface area (Å²) >= 11 is 11.7. The first-order valence-electron chi connectivity index (χ1n) is 8.03. The number of nitrogens with one attached hydrogen (secondary N) is 1. The van der Waals surface area contributed by atoms with Gasteiger partial charge in [0.1, 0.15) is 0 Å². The molecule has 2 rings (SSSR count). The molecule has 3 nitrogen and oxygen atoms in total. The van der Waals surface area contributed by atoms with E-state index < -0.39 is 0 Å². The second-order valence-electron chi connectivity index (χ2n) is 5.69. The van der Waals surface area contributed by atoms with Crippen molar-refractivity contribution in [1.82, 2.24) is 9.97 Å². The van der Waals surface area contributed by atoms with Crippen LogP contribution in [-0.2, 0) is 6.54 Å². The van der Waals surface area contributed by atoms with Crippen LogP contribution in [0.5, 0.6) is 0 Å². The van der Waals surface area contributed by atoms with Crippen LogP contribution in [0.2, 0.25) is 5.02 Å². The average molecular weight is 429 g/mol. The molecular formula is C18H23BrClN3S. The molecule has 0 radical (unpaired) electrons. The van der Waals surface area contributed by atoms with E-state index in [-0.39, 0.29) is 0 Å². The molecule has 1 N–H and O–H groups in total. The summed E-state index contributed by atoms with van der Waals surface area (Å²) in [6.07, 6.45) is 4.32. The Morgan fingerprint density at radius 2 is 2.04 bits per heavy atom. The summed E-state index contributed by atoms with van der Waals surface area (Å²) in [7, 11) is 0. The summed E-state index contributed by atoms with van der Waals surface area (Å²) in [4.78, 5) is 10.2. The lowest BCUT2D eigenvalue weighted by Crippen LogP contribution is -2.06. The molecule has 0 aromatic carbocycles. The molecular weight excluding hydrogens is 406 g/mol. The molecule has 24 heavy (non-hydrogen) atoms. The van der Waals surface area contributed by atoms with Crippen LogP contribution in [-0.4, -0.2) is 21.1 Å². The molecule has 0 spiro atoms. The predicted molar refractivity (Wildman–Crippen MR) is 109 cm³/mol. The maximum absolute atomic E-state index is 6.35. The van der Waals surface area contributed by atoms with E-state index in [0.717, 1.165) is 33.9 Å². The van der Waals surface area contributed by atoms with E-state index in [9.17, 15) is 0 Å². The Kier molecular flexibility index (Phi) is 7.85. The van der Waals surface area contributed by atoms with Crippen molar-refractivity contribution in [3.8, 4) is 0 Å². The Hall–Kier alpha value is -0.780. The number of pyridine rings is 2. The number of rotatable bonds is 8. The normalized spacial score (nSPS) is 10.9. The van der Waals surface area contributed by atoms with E-state index >= 15 is 0 Å². The zero-order valence-corrected chi connectivity index (χ0v) is 17.5. The van der Waals surface area contributed by atoms with E-state index in [0.29, 0.717) is 11.6 Å². The molecule has 6 heteroatoms. The minimum atomic E-state index is 0.657. The van der Waals surface area contributed by atoms with Crippen molar-refractivity contribution < 1.29 is 0 Å². The summed E-state index contributed by atoms with van der Waals surface area (Å²) in [6, 6.07) is 4.08. The van der Waals surface area contributed by atoms with Crippen LogP contribution < -0.4 is 5.32 Å². The quantitative estimate of drug-likeness (QED) is 0.321. The third-order valence-corrected chi connectivity index (χ3v) is 6.03. The van der Waals surface area contributed by atoms with E-state index in [4.69, 9.17) is 11.6 Å². The largest absolute Gasteiger partial charge is 0.378 e. The SMILES string of the molecule is Cc1cc(NCc2nccc(SCCCCBr)c2C)c(Cl)c(C)n1. The molecule has 0 saturated heterocycles. The number of aromatic nitrogens is 2. The first-order valence-corrected chi connectivity index (χ1v) is 10.5. The van der Waals surface area contributed by atoms with Gasteiger partial charge in [-0.15, -0.1) is 11.8 Å². The topological polar surface area (TPSA) is 37.8 Å². The van der Waals surface area contributed by atoms with Crippen molar-refractivity contribution >= 4 is 45.0 Å². The minimum Gasteiger partial charge on any atom is -0.378 e. The fourth-order valence-electron chi connectivity index (χ4n) is 2.39. The Labute approximate surface area is 162 Å². The molecule has 0 aliphatic rings. The number of aryl methyl sites for hydroxylation is 2. The number of nitrogens with zero attached hydrogens (tertiary/aromatic N) is 2. The molecule has 2 heterocycles. The van der Waals surface area contributed by atoms with Gasteiger partial charge in [-0.2, -0.15) is 0 Å². The maximum atomic E-state index is 6.35. The van der Waals surface area contributed by atoms with Crippen LogP contribution in [0, 0.1) is 20.8 Å². The van der Waals surface area contributed by atoms with Crippen LogP contribution in [0.1, 0.15) is 35.5 Å². The number of halogens is 2. The highest BCUT2D eigenvalue weighted by Gasteiger charge is 2.09. The monoisotopic (exact) mass is 427 g/mol. The van der Waals surface area contributed by atoms with Gasteiger partial charge in [0, 0.05) is 22.1 Å². The zero-order valence-electron chi connectivity index (χ0n) is 14.3. The summed E-state index contributed by atoms with van der Waals surface area (Å²) in [5.41, 5.74) is 5.02. The second kappa shape index (κ2) is 9.64. The third kappa shape index (κ3) is 5.36. The van der Waals surface area contributed by atoms with Gasteiger partial charge in [-0.1, -0.05) is 27.5 Å². The van der Waals surface area contributed by atoms with Crippen LogP contribution in [0.25, 0.3) is 0 Å². The predicted octanol–water partition coefficient (Wildman–Crippen LogP) is 5.93. The number of hydrogen-bond acceptors (Lipinski definition) is 4.